The molecule has 0 spiro atoms. The number of nitrogens with one attached hydrogen (secondary N) is 1. The number of anilines is 1. The Labute approximate surface area is 141 Å². The van der Waals surface area contributed by atoms with Gasteiger partial charge in [0.15, 0.2) is 0 Å². The first-order valence-corrected chi connectivity index (χ1v) is 8.27. The van der Waals surface area contributed by atoms with Crippen molar-refractivity contribution in [1.82, 2.24) is 20.0 Å². The fraction of sp³-hybridized carbons (Fsp3) is 0.529. The van der Waals surface area contributed by atoms with Crippen LogP contribution >= 0.6 is 0 Å². The molecule has 0 saturated carbocycles. The van der Waals surface area contributed by atoms with Crippen LogP contribution < -0.4 is 5.32 Å². The van der Waals surface area contributed by atoms with E-state index in [1.807, 2.05) is 20.0 Å². The molecule has 7 heteroatoms. The summed E-state index contributed by atoms with van der Waals surface area (Å²) in [7, 11) is 0. The van der Waals surface area contributed by atoms with Crippen molar-refractivity contribution in [3.05, 3.63) is 35.0 Å². The van der Waals surface area contributed by atoms with Crippen LogP contribution in [0.1, 0.15) is 49.5 Å². The van der Waals surface area contributed by atoms with E-state index in [4.69, 9.17) is 4.52 Å². The van der Waals surface area contributed by atoms with Gasteiger partial charge in [-0.05, 0) is 25.8 Å². The summed E-state index contributed by atoms with van der Waals surface area (Å²) in [5, 5.41) is 6.55. The Morgan fingerprint density at radius 3 is 2.83 bits per heavy atom. The minimum atomic E-state index is -0.277. The molecule has 3 rings (SSSR count). The van der Waals surface area contributed by atoms with Crippen molar-refractivity contribution in [2.24, 2.45) is 0 Å². The van der Waals surface area contributed by atoms with Crippen LogP contribution in [0.4, 0.5) is 5.88 Å². The molecule has 1 aliphatic rings. The zero-order chi connectivity index (χ0) is 17.3. The minimum Gasteiger partial charge on any atom is -0.338 e. The molecule has 3 heterocycles. The van der Waals surface area contributed by atoms with E-state index < -0.39 is 0 Å². The summed E-state index contributed by atoms with van der Waals surface area (Å²) in [4.78, 5) is 23.7. The first kappa shape index (κ1) is 16.6. The first-order chi connectivity index (χ1) is 11.4. The van der Waals surface area contributed by atoms with E-state index in [1.54, 1.807) is 6.07 Å². The molecule has 0 aromatic carbocycles. The third-order valence-corrected chi connectivity index (χ3v) is 4.31. The summed E-state index contributed by atoms with van der Waals surface area (Å²) in [6.07, 6.45) is 2.78. The van der Waals surface area contributed by atoms with Gasteiger partial charge in [0.25, 0.3) is 0 Å². The zero-order valence-corrected chi connectivity index (χ0v) is 14.5. The number of amides is 1. The quantitative estimate of drug-likeness (QED) is 0.926. The van der Waals surface area contributed by atoms with Crippen LogP contribution in [0.3, 0.4) is 0 Å². The second-order valence-electron chi connectivity index (χ2n) is 6.57. The average Bonchev–Trinajstić information content (AvgIpc) is 2.97. The Bertz CT molecular complexity index is 740. The monoisotopic (exact) mass is 329 g/mol. The van der Waals surface area contributed by atoms with Crippen LogP contribution in [0.2, 0.25) is 0 Å². The molecule has 0 fully saturated rings. The summed E-state index contributed by atoms with van der Waals surface area (Å²) < 4.78 is 5.05. The lowest BCUT2D eigenvalue weighted by molar-refractivity contribution is -0.121. The molecular formula is C17H23N5O2. The fourth-order valence-electron chi connectivity index (χ4n) is 2.76. The Morgan fingerprint density at radius 1 is 1.38 bits per heavy atom. The predicted octanol–water partition coefficient (Wildman–Crippen LogP) is 2.28. The molecule has 1 aliphatic heterocycles. The highest BCUT2D eigenvalue weighted by Crippen LogP contribution is 2.21. The molecule has 1 amide bonds. The molecule has 128 valence electrons. The van der Waals surface area contributed by atoms with Crippen molar-refractivity contribution >= 4 is 11.8 Å². The summed E-state index contributed by atoms with van der Waals surface area (Å²) >= 11 is 0. The maximum atomic E-state index is 12.4. The van der Waals surface area contributed by atoms with Gasteiger partial charge in [-0.15, -0.1) is 0 Å². The van der Waals surface area contributed by atoms with Gasteiger partial charge in [0.2, 0.25) is 11.8 Å². The van der Waals surface area contributed by atoms with Crippen molar-refractivity contribution in [1.29, 1.82) is 0 Å². The maximum absolute atomic E-state index is 12.4. The molecule has 24 heavy (non-hydrogen) atoms. The van der Waals surface area contributed by atoms with Gasteiger partial charge < -0.3 is 4.52 Å². The standard InChI is InChI=1S/C17H23N5O2/c1-10(2)16-18-8-13-5-6-22(9-14(13)19-16)12(4)17(23)20-15-7-11(3)21-24-15/h7-8,10,12H,5-6,9H2,1-4H3,(H,20,23)/t12-/m1/s1. The Balaban J connectivity index is 1.69. The molecule has 0 bridgehead atoms. The SMILES string of the molecule is Cc1cc(NC(=O)[C@@H](C)N2CCc3cnc(C(C)C)nc3C2)on1. The molecule has 2 aromatic heterocycles. The van der Waals surface area contributed by atoms with Crippen LogP contribution in [0, 0.1) is 6.92 Å². The predicted molar refractivity (Wildman–Crippen MR) is 89.6 cm³/mol. The number of hydrogen-bond acceptors (Lipinski definition) is 6. The summed E-state index contributed by atoms with van der Waals surface area (Å²) in [6, 6.07) is 1.43. The Morgan fingerprint density at radius 2 is 2.17 bits per heavy atom. The summed E-state index contributed by atoms with van der Waals surface area (Å²) in [5.74, 6) is 1.42. The van der Waals surface area contributed by atoms with E-state index in [-0.39, 0.29) is 11.9 Å². The van der Waals surface area contributed by atoms with Crippen molar-refractivity contribution in [3.8, 4) is 0 Å². The van der Waals surface area contributed by atoms with Crippen LogP contribution in [0.15, 0.2) is 16.8 Å². The van der Waals surface area contributed by atoms with Crippen molar-refractivity contribution in [3.63, 3.8) is 0 Å². The molecule has 0 aliphatic carbocycles. The first-order valence-electron chi connectivity index (χ1n) is 8.27. The van der Waals surface area contributed by atoms with Gasteiger partial charge in [-0.1, -0.05) is 19.0 Å². The molecule has 0 unspecified atom stereocenters. The smallest absolute Gasteiger partial charge is 0.243 e. The van der Waals surface area contributed by atoms with Gasteiger partial charge >= 0.3 is 0 Å². The van der Waals surface area contributed by atoms with Gasteiger partial charge in [0.1, 0.15) is 5.82 Å². The molecule has 7 nitrogen and oxygen atoms in total. The van der Waals surface area contributed by atoms with Crippen molar-refractivity contribution in [2.45, 2.75) is 52.6 Å². The number of aromatic nitrogens is 3. The lowest BCUT2D eigenvalue weighted by Crippen LogP contribution is -2.44. The van der Waals surface area contributed by atoms with E-state index >= 15 is 0 Å². The van der Waals surface area contributed by atoms with E-state index in [9.17, 15) is 4.79 Å². The number of fused-ring (bicyclic) bond motifs is 1. The number of nitrogens with zero attached hydrogens (tertiary/aromatic N) is 4. The molecule has 0 saturated heterocycles. The maximum Gasteiger partial charge on any atom is 0.243 e. The van der Waals surface area contributed by atoms with Crippen LogP contribution in [0.25, 0.3) is 0 Å². The van der Waals surface area contributed by atoms with E-state index in [0.29, 0.717) is 18.3 Å². The second-order valence-corrected chi connectivity index (χ2v) is 6.57. The topological polar surface area (TPSA) is 84.2 Å². The number of carbonyl (C=O) groups excluding carboxylic acids is 1. The largest absolute Gasteiger partial charge is 0.338 e. The van der Waals surface area contributed by atoms with Gasteiger partial charge in [-0.2, -0.15) is 0 Å². The lowest BCUT2D eigenvalue weighted by Gasteiger charge is -2.32. The van der Waals surface area contributed by atoms with Crippen molar-refractivity contribution < 1.29 is 9.32 Å². The van der Waals surface area contributed by atoms with Gasteiger partial charge in [0.05, 0.1) is 17.4 Å². The van der Waals surface area contributed by atoms with E-state index in [1.165, 1.54) is 5.56 Å². The lowest BCUT2D eigenvalue weighted by atomic mass is 10.0. The third kappa shape index (κ3) is 3.46. The fourth-order valence-corrected chi connectivity index (χ4v) is 2.76. The van der Waals surface area contributed by atoms with Crippen LogP contribution in [-0.4, -0.2) is 38.5 Å². The molecular weight excluding hydrogens is 306 g/mol. The van der Waals surface area contributed by atoms with Crippen molar-refractivity contribution in [2.75, 3.05) is 11.9 Å². The number of aryl methyl sites for hydroxylation is 1. The van der Waals surface area contributed by atoms with Gasteiger partial charge in [-0.25, -0.2) is 9.97 Å². The van der Waals surface area contributed by atoms with E-state index in [2.05, 4.69) is 39.2 Å². The van der Waals surface area contributed by atoms with Crippen LogP contribution in [-0.2, 0) is 17.8 Å². The Hall–Kier alpha value is -2.28. The minimum absolute atomic E-state index is 0.104. The van der Waals surface area contributed by atoms with Gasteiger partial charge in [0, 0.05) is 31.3 Å². The molecule has 2 aromatic rings. The Kier molecular flexibility index (Phi) is 4.62. The second kappa shape index (κ2) is 6.68. The molecule has 0 radical (unpaired) electrons. The number of rotatable bonds is 4. The summed E-state index contributed by atoms with van der Waals surface area (Å²) in [5.41, 5.74) is 2.94. The normalized spacial score (nSPS) is 16.0. The van der Waals surface area contributed by atoms with E-state index in [0.717, 1.165) is 30.2 Å². The highest BCUT2D eigenvalue weighted by molar-refractivity contribution is 5.93. The number of hydrogen-bond donors (Lipinski definition) is 1. The average molecular weight is 329 g/mol. The molecule has 1 atom stereocenters. The third-order valence-electron chi connectivity index (χ3n) is 4.31. The zero-order valence-electron chi connectivity index (χ0n) is 14.5. The van der Waals surface area contributed by atoms with Gasteiger partial charge in [-0.3, -0.25) is 15.0 Å². The summed E-state index contributed by atoms with van der Waals surface area (Å²) in [6.45, 7) is 9.34. The van der Waals surface area contributed by atoms with Crippen LogP contribution in [0.5, 0.6) is 0 Å². The molecule has 1 N–H and O–H groups in total. The highest BCUT2D eigenvalue weighted by Gasteiger charge is 2.27. The highest BCUT2D eigenvalue weighted by atomic mass is 16.5. The number of carbonyl (C=O) groups is 1.